The van der Waals surface area contributed by atoms with Gasteiger partial charge >= 0.3 is 0 Å². The van der Waals surface area contributed by atoms with Crippen molar-refractivity contribution in [1.82, 2.24) is 14.9 Å². The summed E-state index contributed by atoms with van der Waals surface area (Å²) in [6, 6.07) is 25.6. The Labute approximate surface area is 216 Å². The molecule has 0 bridgehead atoms. The molecule has 1 amide bonds. The maximum absolute atomic E-state index is 13.9. The van der Waals surface area contributed by atoms with E-state index < -0.39 is 0 Å². The molecule has 3 heterocycles. The van der Waals surface area contributed by atoms with E-state index in [2.05, 4.69) is 14.9 Å². The first kappa shape index (κ1) is 23.0. The Hall–Kier alpha value is -4.39. The fourth-order valence-electron chi connectivity index (χ4n) is 5.08. The Bertz CT molecular complexity index is 1370. The largest absolute Gasteiger partial charge is 0.494 e. The van der Waals surface area contributed by atoms with Gasteiger partial charge in [0.15, 0.2) is 0 Å². The van der Waals surface area contributed by atoms with Crippen molar-refractivity contribution in [2.45, 2.75) is 12.8 Å². The highest BCUT2D eigenvalue weighted by molar-refractivity contribution is 5.90. The maximum atomic E-state index is 13.9. The molecule has 7 heteroatoms. The summed E-state index contributed by atoms with van der Waals surface area (Å²) >= 11 is 0. The molecule has 2 aliphatic heterocycles. The molecule has 0 unspecified atom stereocenters. The van der Waals surface area contributed by atoms with Crippen molar-refractivity contribution in [2.24, 2.45) is 0 Å². The molecule has 6 rings (SSSR count). The van der Waals surface area contributed by atoms with Crippen molar-refractivity contribution in [1.29, 1.82) is 0 Å². The predicted molar refractivity (Wildman–Crippen MR) is 142 cm³/mol. The molecule has 7 nitrogen and oxygen atoms in total. The molecular formula is C30H28N4O3. The van der Waals surface area contributed by atoms with Crippen LogP contribution in [0.4, 0.5) is 5.82 Å². The van der Waals surface area contributed by atoms with Crippen LogP contribution in [0.25, 0.3) is 11.3 Å². The third-order valence-electron chi connectivity index (χ3n) is 6.96. The lowest BCUT2D eigenvalue weighted by atomic mass is 9.86. The zero-order valence-corrected chi connectivity index (χ0v) is 20.7. The number of hydrogen-bond acceptors (Lipinski definition) is 6. The van der Waals surface area contributed by atoms with Crippen molar-refractivity contribution >= 4 is 11.7 Å². The van der Waals surface area contributed by atoms with Crippen LogP contribution < -0.4 is 14.4 Å². The second kappa shape index (κ2) is 9.93. The molecule has 186 valence electrons. The van der Waals surface area contributed by atoms with E-state index in [0.29, 0.717) is 32.8 Å². The highest BCUT2D eigenvalue weighted by atomic mass is 16.5. The standard InChI is InChI=1S/C30H28N4O3/c1-2-36-22-13-11-21(12-14-22)25-19-28(32-20-31-25)33-15-17-34(18-16-33)30(35)29-23-7-3-5-9-26(23)37-27-10-6-4-8-24(27)29/h3-14,19-20,29H,2,15-18H2,1H3. The molecule has 0 aliphatic carbocycles. The number of anilines is 1. The van der Waals surface area contributed by atoms with Crippen molar-refractivity contribution in [3.8, 4) is 28.5 Å². The number of rotatable bonds is 5. The number of hydrogen-bond donors (Lipinski definition) is 0. The summed E-state index contributed by atoms with van der Waals surface area (Å²) in [5.74, 6) is 2.96. The lowest BCUT2D eigenvalue weighted by molar-refractivity contribution is -0.132. The number of nitrogens with zero attached hydrogens (tertiary/aromatic N) is 4. The molecule has 0 spiro atoms. The quantitative estimate of drug-likeness (QED) is 0.385. The third-order valence-corrected chi connectivity index (χ3v) is 6.96. The summed E-state index contributed by atoms with van der Waals surface area (Å²) in [6.07, 6.45) is 1.61. The monoisotopic (exact) mass is 492 g/mol. The van der Waals surface area contributed by atoms with Crippen LogP contribution in [0.15, 0.2) is 85.2 Å². The Balaban J connectivity index is 1.18. The van der Waals surface area contributed by atoms with Gasteiger partial charge in [0.25, 0.3) is 0 Å². The molecule has 1 saturated heterocycles. The van der Waals surface area contributed by atoms with E-state index in [9.17, 15) is 4.79 Å². The van der Waals surface area contributed by atoms with E-state index in [1.807, 2.05) is 90.7 Å². The van der Waals surface area contributed by atoms with Crippen LogP contribution in [0.1, 0.15) is 24.0 Å². The van der Waals surface area contributed by atoms with Gasteiger partial charge in [0.05, 0.1) is 18.2 Å². The molecule has 0 N–H and O–H groups in total. The molecule has 37 heavy (non-hydrogen) atoms. The first-order chi connectivity index (χ1) is 18.2. The van der Waals surface area contributed by atoms with Gasteiger partial charge in [-0.25, -0.2) is 9.97 Å². The Morgan fingerprint density at radius 1 is 0.892 bits per heavy atom. The van der Waals surface area contributed by atoms with E-state index in [-0.39, 0.29) is 11.8 Å². The van der Waals surface area contributed by atoms with E-state index in [0.717, 1.165) is 45.5 Å². The van der Waals surface area contributed by atoms with Crippen LogP contribution in [-0.2, 0) is 4.79 Å². The Morgan fingerprint density at radius 3 is 2.19 bits per heavy atom. The second-order valence-electron chi connectivity index (χ2n) is 9.14. The number of carbonyl (C=O) groups excluding carboxylic acids is 1. The SMILES string of the molecule is CCOc1ccc(-c2cc(N3CCN(C(=O)C4c5ccccc5Oc5ccccc54)CC3)ncn2)cc1. The first-order valence-corrected chi connectivity index (χ1v) is 12.7. The highest BCUT2D eigenvalue weighted by Gasteiger charge is 2.36. The molecule has 2 aliphatic rings. The van der Waals surface area contributed by atoms with Gasteiger partial charge in [-0.15, -0.1) is 0 Å². The number of aromatic nitrogens is 2. The normalized spacial score (nSPS) is 14.9. The average Bonchev–Trinajstić information content (AvgIpc) is 2.96. The highest BCUT2D eigenvalue weighted by Crippen LogP contribution is 2.44. The van der Waals surface area contributed by atoms with E-state index in [4.69, 9.17) is 9.47 Å². The average molecular weight is 493 g/mol. The second-order valence-corrected chi connectivity index (χ2v) is 9.14. The molecule has 1 fully saturated rings. The minimum atomic E-state index is -0.363. The zero-order chi connectivity index (χ0) is 25.2. The number of benzene rings is 3. The van der Waals surface area contributed by atoms with Gasteiger partial charge < -0.3 is 19.3 Å². The van der Waals surface area contributed by atoms with Crippen LogP contribution in [0, 0.1) is 0 Å². The summed E-state index contributed by atoms with van der Waals surface area (Å²) in [6.45, 7) is 5.28. The molecule has 4 aromatic rings. The van der Waals surface area contributed by atoms with Gasteiger partial charge in [-0.3, -0.25) is 4.79 Å². The molecule has 1 aromatic heterocycles. The summed E-state index contributed by atoms with van der Waals surface area (Å²) in [5, 5.41) is 0. The minimum absolute atomic E-state index is 0.112. The molecule has 0 radical (unpaired) electrons. The maximum Gasteiger partial charge on any atom is 0.234 e. The summed E-state index contributed by atoms with van der Waals surface area (Å²) in [5.41, 5.74) is 3.72. The van der Waals surface area contributed by atoms with Gasteiger partial charge in [0, 0.05) is 48.9 Å². The van der Waals surface area contributed by atoms with Gasteiger partial charge in [-0.1, -0.05) is 36.4 Å². The zero-order valence-electron chi connectivity index (χ0n) is 20.7. The van der Waals surface area contributed by atoms with Gasteiger partial charge in [0.2, 0.25) is 5.91 Å². The Morgan fingerprint density at radius 2 is 1.54 bits per heavy atom. The van der Waals surface area contributed by atoms with Crippen LogP contribution in [-0.4, -0.2) is 53.6 Å². The fraction of sp³-hybridized carbons (Fsp3) is 0.233. The van der Waals surface area contributed by atoms with Crippen molar-refractivity contribution in [3.05, 3.63) is 96.3 Å². The first-order valence-electron chi connectivity index (χ1n) is 12.7. The molecule has 0 atom stereocenters. The lowest BCUT2D eigenvalue weighted by Gasteiger charge is -2.38. The smallest absolute Gasteiger partial charge is 0.234 e. The minimum Gasteiger partial charge on any atom is -0.494 e. The Kier molecular flexibility index (Phi) is 6.18. The molecule has 3 aromatic carbocycles. The van der Waals surface area contributed by atoms with Crippen molar-refractivity contribution in [3.63, 3.8) is 0 Å². The number of fused-ring (bicyclic) bond motifs is 2. The number of piperazine rings is 1. The van der Waals surface area contributed by atoms with Crippen LogP contribution in [0.2, 0.25) is 0 Å². The van der Waals surface area contributed by atoms with Crippen molar-refractivity contribution in [2.75, 3.05) is 37.7 Å². The fourth-order valence-corrected chi connectivity index (χ4v) is 5.08. The summed E-state index contributed by atoms with van der Waals surface area (Å²) in [7, 11) is 0. The summed E-state index contributed by atoms with van der Waals surface area (Å²) < 4.78 is 11.6. The van der Waals surface area contributed by atoms with Crippen LogP contribution in [0.5, 0.6) is 17.2 Å². The lowest BCUT2D eigenvalue weighted by Crippen LogP contribution is -2.50. The number of amides is 1. The predicted octanol–water partition coefficient (Wildman–Crippen LogP) is 5.13. The van der Waals surface area contributed by atoms with Gasteiger partial charge in [-0.2, -0.15) is 0 Å². The number of para-hydroxylation sites is 2. The van der Waals surface area contributed by atoms with Crippen LogP contribution in [0.3, 0.4) is 0 Å². The number of ether oxygens (including phenoxy) is 2. The van der Waals surface area contributed by atoms with Crippen molar-refractivity contribution < 1.29 is 14.3 Å². The van der Waals surface area contributed by atoms with Gasteiger partial charge in [0.1, 0.15) is 29.4 Å². The molecular weight excluding hydrogens is 464 g/mol. The third kappa shape index (κ3) is 4.48. The van der Waals surface area contributed by atoms with E-state index in [1.54, 1.807) is 6.33 Å². The summed E-state index contributed by atoms with van der Waals surface area (Å²) in [4.78, 5) is 27.0. The number of carbonyl (C=O) groups is 1. The molecule has 0 saturated carbocycles. The topological polar surface area (TPSA) is 67.8 Å². The van der Waals surface area contributed by atoms with E-state index in [1.165, 1.54) is 0 Å². The van der Waals surface area contributed by atoms with Gasteiger partial charge in [-0.05, 0) is 43.3 Å². The van der Waals surface area contributed by atoms with E-state index >= 15 is 0 Å². The van der Waals surface area contributed by atoms with Crippen LogP contribution >= 0.6 is 0 Å².